The molecule has 2 aliphatic rings. The van der Waals surface area contributed by atoms with Crippen LogP contribution in [-0.2, 0) is 9.47 Å². The van der Waals surface area contributed by atoms with Crippen molar-refractivity contribution in [3.8, 4) is 0 Å². The number of hydrogen-bond acceptors (Lipinski definition) is 3. The molecule has 0 radical (unpaired) electrons. The van der Waals surface area contributed by atoms with E-state index in [1.165, 1.54) is 5.57 Å². The number of allylic oxidation sites excluding steroid dienone is 1. The summed E-state index contributed by atoms with van der Waals surface area (Å²) in [5, 5.41) is 0. The molecule has 1 aliphatic heterocycles. The Bertz CT molecular complexity index is 257. The summed E-state index contributed by atoms with van der Waals surface area (Å²) in [4.78, 5) is 10.7. The maximum atomic E-state index is 10.7. The molecule has 1 fully saturated rings. The largest absolute Gasteiger partial charge is 0.508 e. The Morgan fingerprint density at radius 3 is 2.54 bits per heavy atom. The first-order valence-corrected chi connectivity index (χ1v) is 4.60. The van der Waals surface area contributed by atoms with Crippen LogP contribution in [0.25, 0.3) is 0 Å². The van der Waals surface area contributed by atoms with Crippen molar-refractivity contribution in [3.63, 3.8) is 0 Å². The van der Waals surface area contributed by atoms with Gasteiger partial charge in [0.05, 0.1) is 5.41 Å². The van der Waals surface area contributed by atoms with E-state index in [1.54, 1.807) is 0 Å². The quantitative estimate of drug-likeness (QED) is 0.425. The van der Waals surface area contributed by atoms with Gasteiger partial charge in [-0.15, -0.1) is 0 Å². The summed E-state index contributed by atoms with van der Waals surface area (Å²) in [6, 6.07) is 0. The molecule has 1 spiro atoms. The zero-order valence-electron chi connectivity index (χ0n) is 8.00. The van der Waals surface area contributed by atoms with Crippen LogP contribution in [0.5, 0.6) is 0 Å². The highest BCUT2D eigenvalue weighted by Crippen LogP contribution is 2.41. The summed E-state index contributed by atoms with van der Waals surface area (Å²) in [6.07, 6.45) is 2.70. The molecule has 0 N–H and O–H groups in total. The minimum absolute atomic E-state index is 0.0303. The summed E-state index contributed by atoms with van der Waals surface area (Å²) < 4.78 is 9.81. The van der Waals surface area contributed by atoms with Crippen molar-refractivity contribution in [3.05, 3.63) is 11.6 Å². The fraction of sp³-hybridized carbons (Fsp3) is 0.700. The van der Waals surface area contributed by atoms with Gasteiger partial charge in [0.15, 0.2) is 0 Å². The molecule has 1 unspecified atom stereocenters. The van der Waals surface area contributed by atoms with Crippen LogP contribution in [-0.4, -0.2) is 19.4 Å². The highest BCUT2D eigenvalue weighted by molar-refractivity contribution is 5.61. The number of ether oxygens (including phenoxy) is 2. The first-order chi connectivity index (χ1) is 6.11. The van der Waals surface area contributed by atoms with Crippen LogP contribution < -0.4 is 0 Å². The highest BCUT2D eigenvalue weighted by atomic mass is 16.7. The zero-order chi connectivity index (χ0) is 9.47. The molecule has 13 heavy (non-hydrogen) atoms. The van der Waals surface area contributed by atoms with E-state index >= 15 is 0 Å². The third kappa shape index (κ3) is 1.43. The monoisotopic (exact) mass is 182 g/mol. The standard InChI is InChI=1S/C10H14O3/c1-7-3-10(4-8(7)2)5-12-9(11)13-6-10/h3,8H,4-6H2,1-2H3. The molecule has 0 saturated carbocycles. The Kier molecular flexibility index (Phi) is 1.82. The van der Waals surface area contributed by atoms with E-state index < -0.39 is 6.16 Å². The molecule has 72 valence electrons. The van der Waals surface area contributed by atoms with Crippen molar-refractivity contribution >= 4 is 6.16 Å². The van der Waals surface area contributed by atoms with E-state index in [4.69, 9.17) is 9.47 Å². The molecule has 1 saturated heterocycles. The van der Waals surface area contributed by atoms with Crippen LogP contribution in [0, 0.1) is 11.3 Å². The van der Waals surface area contributed by atoms with Crippen LogP contribution in [0.2, 0.25) is 0 Å². The lowest BCUT2D eigenvalue weighted by Crippen LogP contribution is -2.36. The van der Waals surface area contributed by atoms with Crippen LogP contribution in [0.1, 0.15) is 20.3 Å². The van der Waals surface area contributed by atoms with Gasteiger partial charge in [-0.25, -0.2) is 4.79 Å². The highest BCUT2D eigenvalue weighted by Gasteiger charge is 2.41. The molecule has 1 atom stereocenters. The normalized spacial score (nSPS) is 31.1. The van der Waals surface area contributed by atoms with E-state index in [0.29, 0.717) is 19.1 Å². The Labute approximate surface area is 77.7 Å². The molecule has 2 rings (SSSR count). The fourth-order valence-electron chi connectivity index (χ4n) is 2.14. The molecular weight excluding hydrogens is 168 g/mol. The van der Waals surface area contributed by atoms with Gasteiger partial charge in [-0.2, -0.15) is 0 Å². The molecule has 0 aromatic heterocycles. The van der Waals surface area contributed by atoms with Gasteiger partial charge in [-0.3, -0.25) is 0 Å². The van der Waals surface area contributed by atoms with Gasteiger partial charge in [-0.05, 0) is 19.3 Å². The maximum Gasteiger partial charge on any atom is 0.508 e. The second kappa shape index (κ2) is 2.76. The summed E-state index contributed by atoms with van der Waals surface area (Å²) in [5.74, 6) is 0.584. The lowest BCUT2D eigenvalue weighted by molar-refractivity contribution is -0.0420. The lowest BCUT2D eigenvalue weighted by Gasteiger charge is -2.30. The van der Waals surface area contributed by atoms with Crippen molar-refractivity contribution in [1.82, 2.24) is 0 Å². The maximum absolute atomic E-state index is 10.7. The van der Waals surface area contributed by atoms with E-state index in [-0.39, 0.29) is 5.41 Å². The lowest BCUT2D eigenvalue weighted by atomic mass is 9.87. The third-order valence-electron chi connectivity index (χ3n) is 2.98. The number of carbonyl (C=O) groups is 1. The smallest absolute Gasteiger partial charge is 0.433 e. The van der Waals surface area contributed by atoms with E-state index in [0.717, 1.165) is 6.42 Å². The Balaban J connectivity index is 2.12. The van der Waals surface area contributed by atoms with Crippen LogP contribution in [0.15, 0.2) is 11.6 Å². The summed E-state index contributed by atoms with van der Waals surface area (Å²) >= 11 is 0. The topological polar surface area (TPSA) is 35.5 Å². The molecule has 3 nitrogen and oxygen atoms in total. The molecule has 0 amide bonds. The van der Waals surface area contributed by atoms with Crippen molar-refractivity contribution in [2.24, 2.45) is 11.3 Å². The van der Waals surface area contributed by atoms with Gasteiger partial charge in [0.25, 0.3) is 0 Å². The average Bonchev–Trinajstić information content (AvgIpc) is 2.36. The third-order valence-corrected chi connectivity index (χ3v) is 2.98. The van der Waals surface area contributed by atoms with Crippen LogP contribution in [0.3, 0.4) is 0 Å². The van der Waals surface area contributed by atoms with Gasteiger partial charge in [-0.1, -0.05) is 18.6 Å². The van der Waals surface area contributed by atoms with E-state index in [1.807, 2.05) is 0 Å². The number of carbonyl (C=O) groups excluding carboxylic acids is 1. The number of cyclic esters (lactones) is 2. The summed E-state index contributed by atoms with van der Waals surface area (Å²) in [6.45, 7) is 5.27. The van der Waals surface area contributed by atoms with Gasteiger partial charge in [0.1, 0.15) is 13.2 Å². The van der Waals surface area contributed by atoms with Gasteiger partial charge in [0.2, 0.25) is 0 Å². The number of hydrogen-bond donors (Lipinski definition) is 0. The fourth-order valence-corrected chi connectivity index (χ4v) is 2.14. The predicted octanol–water partition coefficient (Wildman–Crippen LogP) is 2.13. The van der Waals surface area contributed by atoms with Gasteiger partial charge in [0, 0.05) is 0 Å². The molecular formula is C10H14O3. The minimum Gasteiger partial charge on any atom is -0.433 e. The Morgan fingerprint density at radius 2 is 2.08 bits per heavy atom. The minimum atomic E-state index is -0.531. The van der Waals surface area contributed by atoms with E-state index in [9.17, 15) is 4.79 Å². The average molecular weight is 182 g/mol. The SMILES string of the molecule is CC1=CC2(COC(=O)OC2)CC1C. The Hall–Kier alpha value is -0.990. The molecule has 1 heterocycles. The first kappa shape index (κ1) is 8.60. The molecule has 0 aromatic rings. The predicted molar refractivity (Wildman–Crippen MR) is 47.3 cm³/mol. The molecule has 0 aromatic carbocycles. The second-order valence-electron chi connectivity index (χ2n) is 4.18. The molecule has 0 bridgehead atoms. The van der Waals surface area contributed by atoms with Crippen molar-refractivity contribution in [2.45, 2.75) is 20.3 Å². The van der Waals surface area contributed by atoms with Crippen molar-refractivity contribution in [2.75, 3.05) is 13.2 Å². The summed E-state index contributed by atoms with van der Waals surface area (Å²) in [5.41, 5.74) is 1.35. The molecule has 1 aliphatic carbocycles. The number of rotatable bonds is 0. The Morgan fingerprint density at radius 1 is 1.46 bits per heavy atom. The van der Waals surface area contributed by atoms with E-state index in [2.05, 4.69) is 19.9 Å². The zero-order valence-corrected chi connectivity index (χ0v) is 8.00. The van der Waals surface area contributed by atoms with Crippen molar-refractivity contribution < 1.29 is 14.3 Å². The van der Waals surface area contributed by atoms with Gasteiger partial charge >= 0.3 is 6.16 Å². The van der Waals surface area contributed by atoms with Crippen LogP contribution in [0.4, 0.5) is 4.79 Å². The first-order valence-electron chi connectivity index (χ1n) is 4.60. The molecule has 3 heteroatoms. The van der Waals surface area contributed by atoms with Crippen molar-refractivity contribution in [1.29, 1.82) is 0 Å². The van der Waals surface area contributed by atoms with Crippen LogP contribution >= 0.6 is 0 Å². The van der Waals surface area contributed by atoms with Gasteiger partial charge < -0.3 is 9.47 Å². The second-order valence-corrected chi connectivity index (χ2v) is 4.18. The summed E-state index contributed by atoms with van der Waals surface area (Å²) in [7, 11) is 0.